The lowest BCUT2D eigenvalue weighted by atomic mass is 9.97. The van der Waals surface area contributed by atoms with E-state index in [9.17, 15) is 4.79 Å². The van der Waals surface area contributed by atoms with E-state index in [0.717, 1.165) is 25.2 Å². The fraction of sp³-hybridized carbons (Fsp3) is 0.286. The molecule has 1 fully saturated rings. The van der Waals surface area contributed by atoms with Gasteiger partial charge in [0.2, 0.25) is 5.91 Å². The maximum atomic E-state index is 12.2. The first-order chi connectivity index (χ1) is 11.8. The number of nitrogens with one attached hydrogen (secondary N) is 1. The number of carbonyl (C=O) groups is 1. The van der Waals surface area contributed by atoms with E-state index in [4.69, 9.17) is 0 Å². The Kier molecular flexibility index (Phi) is 5.80. The van der Waals surface area contributed by atoms with Crippen LogP contribution in [0.2, 0.25) is 0 Å². The lowest BCUT2D eigenvalue weighted by Gasteiger charge is -2.30. The zero-order chi connectivity index (χ0) is 16.6. The van der Waals surface area contributed by atoms with Crippen molar-refractivity contribution in [1.29, 1.82) is 0 Å². The molecule has 1 atom stereocenters. The van der Waals surface area contributed by atoms with Crippen LogP contribution < -0.4 is 5.32 Å². The summed E-state index contributed by atoms with van der Waals surface area (Å²) in [6.07, 6.45) is 6.82. The highest BCUT2D eigenvalue weighted by atomic mass is 16.2. The third-order valence-corrected chi connectivity index (χ3v) is 4.33. The topological polar surface area (TPSA) is 32.3 Å². The molecule has 1 N–H and O–H groups in total. The molecule has 2 aromatic carbocycles. The standard InChI is InChI=1S/C21H24N2O/c24-21(22-20-11-5-2-6-12-20)17-23-15-7-10-19(16-23)14-13-18-8-3-1-4-9-18/h1-6,8-9,11-14,19H,7,10,15-17H2,(H,22,24)/b14-13-. The number of amides is 1. The Hall–Kier alpha value is -2.39. The molecule has 1 aliphatic heterocycles. The van der Waals surface area contributed by atoms with Crippen molar-refractivity contribution in [1.82, 2.24) is 4.90 Å². The molecule has 124 valence electrons. The van der Waals surface area contributed by atoms with Crippen LogP contribution in [0, 0.1) is 5.92 Å². The van der Waals surface area contributed by atoms with Crippen molar-refractivity contribution in [2.24, 2.45) is 5.92 Å². The number of anilines is 1. The minimum Gasteiger partial charge on any atom is -0.325 e. The maximum absolute atomic E-state index is 12.2. The van der Waals surface area contributed by atoms with Crippen LogP contribution in [0.25, 0.3) is 6.08 Å². The van der Waals surface area contributed by atoms with Crippen LogP contribution >= 0.6 is 0 Å². The van der Waals surface area contributed by atoms with Gasteiger partial charge in [0, 0.05) is 12.2 Å². The molecule has 2 aromatic rings. The zero-order valence-electron chi connectivity index (χ0n) is 13.9. The summed E-state index contributed by atoms with van der Waals surface area (Å²) >= 11 is 0. The molecule has 3 heteroatoms. The molecule has 0 aromatic heterocycles. The van der Waals surface area contributed by atoms with Gasteiger partial charge in [-0.05, 0) is 43.0 Å². The van der Waals surface area contributed by atoms with Gasteiger partial charge in [-0.25, -0.2) is 0 Å². The minimum absolute atomic E-state index is 0.0638. The van der Waals surface area contributed by atoms with Crippen LogP contribution in [-0.4, -0.2) is 30.4 Å². The van der Waals surface area contributed by atoms with Gasteiger partial charge in [0.05, 0.1) is 6.54 Å². The molecule has 1 unspecified atom stereocenters. The number of nitrogens with zero attached hydrogens (tertiary/aromatic N) is 1. The van der Waals surface area contributed by atoms with Gasteiger partial charge in [0.1, 0.15) is 0 Å². The third kappa shape index (κ3) is 5.07. The van der Waals surface area contributed by atoms with Crippen LogP contribution in [0.5, 0.6) is 0 Å². The summed E-state index contributed by atoms with van der Waals surface area (Å²) in [5, 5.41) is 2.96. The molecule has 1 heterocycles. The Morgan fingerprint density at radius 2 is 1.79 bits per heavy atom. The van der Waals surface area contributed by atoms with E-state index in [0.29, 0.717) is 12.5 Å². The summed E-state index contributed by atoms with van der Waals surface area (Å²) in [7, 11) is 0. The van der Waals surface area contributed by atoms with E-state index in [-0.39, 0.29) is 5.91 Å². The van der Waals surface area contributed by atoms with Crippen molar-refractivity contribution >= 4 is 17.7 Å². The van der Waals surface area contributed by atoms with E-state index >= 15 is 0 Å². The van der Waals surface area contributed by atoms with Crippen molar-refractivity contribution in [2.75, 3.05) is 25.0 Å². The molecular weight excluding hydrogens is 296 g/mol. The molecule has 24 heavy (non-hydrogen) atoms. The van der Waals surface area contributed by atoms with Crippen LogP contribution in [0.15, 0.2) is 66.7 Å². The molecule has 3 nitrogen and oxygen atoms in total. The molecule has 0 bridgehead atoms. The fourth-order valence-electron chi connectivity index (χ4n) is 3.13. The van der Waals surface area contributed by atoms with E-state index in [1.807, 2.05) is 36.4 Å². The van der Waals surface area contributed by atoms with E-state index in [1.54, 1.807) is 0 Å². The van der Waals surface area contributed by atoms with Crippen molar-refractivity contribution < 1.29 is 4.79 Å². The highest BCUT2D eigenvalue weighted by molar-refractivity contribution is 5.92. The van der Waals surface area contributed by atoms with Gasteiger partial charge < -0.3 is 5.32 Å². The van der Waals surface area contributed by atoms with Crippen molar-refractivity contribution in [3.8, 4) is 0 Å². The first kappa shape index (κ1) is 16.5. The predicted molar refractivity (Wildman–Crippen MR) is 99.7 cm³/mol. The monoisotopic (exact) mass is 320 g/mol. The van der Waals surface area contributed by atoms with Crippen LogP contribution in [0.1, 0.15) is 18.4 Å². The normalized spacial score (nSPS) is 18.6. The lowest BCUT2D eigenvalue weighted by Crippen LogP contribution is -2.40. The summed E-state index contributed by atoms with van der Waals surface area (Å²) in [5.41, 5.74) is 2.09. The van der Waals surface area contributed by atoms with Gasteiger partial charge in [-0.15, -0.1) is 0 Å². The lowest BCUT2D eigenvalue weighted by molar-refractivity contribution is -0.117. The summed E-state index contributed by atoms with van der Waals surface area (Å²) < 4.78 is 0. The number of carbonyl (C=O) groups excluding carboxylic acids is 1. The zero-order valence-corrected chi connectivity index (χ0v) is 13.9. The molecule has 3 rings (SSSR count). The number of likely N-dealkylation sites (tertiary alicyclic amines) is 1. The second-order valence-corrected chi connectivity index (χ2v) is 6.32. The van der Waals surface area contributed by atoms with Gasteiger partial charge >= 0.3 is 0 Å². The van der Waals surface area contributed by atoms with Crippen LogP contribution in [-0.2, 0) is 4.79 Å². The van der Waals surface area contributed by atoms with Gasteiger partial charge in [0.15, 0.2) is 0 Å². The number of rotatable bonds is 5. The Labute approximate surface area is 144 Å². The van der Waals surface area contributed by atoms with Gasteiger partial charge in [-0.1, -0.05) is 60.7 Å². The highest BCUT2D eigenvalue weighted by Crippen LogP contribution is 2.19. The van der Waals surface area contributed by atoms with E-state index in [1.165, 1.54) is 12.0 Å². The summed E-state index contributed by atoms with van der Waals surface area (Å²) in [5.74, 6) is 0.581. The van der Waals surface area contributed by atoms with E-state index < -0.39 is 0 Å². The van der Waals surface area contributed by atoms with Gasteiger partial charge in [-0.2, -0.15) is 0 Å². The fourth-order valence-corrected chi connectivity index (χ4v) is 3.13. The van der Waals surface area contributed by atoms with Gasteiger partial charge in [0.25, 0.3) is 0 Å². The molecule has 0 radical (unpaired) electrons. The molecule has 1 saturated heterocycles. The first-order valence-electron chi connectivity index (χ1n) is 8.60. The SMILES string of the molecule is O=C(CN1CCCC(/C=C\c2ccccc2)C1)Nc1ccccc1. The molecule has 0 aliphatic carbocycles. The molecule has 1 aliphatic rings. The third-order valence-electron chi connectivity index (χ3n) is 4.33. The van der Waals surface area contributed by atoms with Crippen LogP contribution in [0.3, 0.4) is 0 Å². The quantitative estimate of drug-likeness (QED) is 0.901. The second-order valence-electron chi connectivity index (χ2n) is 6.32. The van der Waals surface area contributed by atoms with Crippen LogP contribution in [0.4, 0.5) is 5.69 Å². The average molecular weight is 320 g/mol. The molecular formula is C21H24N2O. The summed E-state index contributed by atoms with van der Waals surface area (Å²) in [6.45, 7) is 2.41. The number of hydrogen-bond acceptors (Lipinski definition) is 2. The smallest absolute Gasteiger partial charge is 0.238 e. The number of benzene rings is 2. The number of hydrogen-bond donors (Lipinski definition) is 1. The summed E-state index contributed by atoms with van der Waals surface area (Å²) in [6, 6.07) is 20.0. The predicted octanol–water partition coefficient (Wildman–Crippen LogP) is 4.05. The Balaban J connectivity index is 1.50. The van der Waals surface area contributed by atoms with Crippen molar-refractivity contribution in [3.63, 3.8) is 0 Å². The Morgan fingerprint density at radius 3 is 2.54 bits per heavy atom. The van der Waals surface area contributed by atoms with E-state index in [2.05, 4.69) is 46.6 Å². The van der Waals surface area contributed by atoms with Gasteiger partial charge in [-0.3, -0.25) is 9.69 Å². The maximum Gasteiger partial charge on any atom is 0.238 e. The largest absolute Gasteiger partial charge is 0.325 e. The number of piperidine rings is 1. The molecule has 0 saturated carbocycles. The minimum atomic E-state index is 0.0638. The Bertz CT molecular complexity index is 667. The van der Waals surface area contributed by atoms with Crippen molar-refractivity contribution in [3.05, 3.63) is 72.3 Å². The molecule has 0 spiro atoms. The first-order valence-corrected chi connectivity index (χ1v) is 8.60. The van der Waals surface area contributed by atoms with Crippen molar-refractivity contribution in [2.45, 2.75) is 12.8 Å². The second kappa shape index (κ2) is 8.46. The Morgan fingerprint density at radius 1 is 1.08 bits per heavy atom. The molecule has 1 amide bonds. The highest BCUT2D eigenvalue weighted by Gasteiger charge is 2.19. The number of para-hydroxylation sites is 1. The summed E-state index contributed by atoms with van der Waals surface area (Å²) in [4.78, 5) is 14.4. The average Bonchev–Trinajstić information content (AvgIpc) is 2.62.